The van der Waals surface area contributed by atoms with E-state index in [1.807, 2.05) is 5.32 Å². The highest BCUT2D eigenvalue weighted by Gasteiger charge is 2.31. The van der Waals surface area contributed by atoms with Crippen molar-refractivity contribution in [3.05, 3.63) is 18.2 Å². The second-order valence-corrected chi connectivity index (χ2v) is 5.28. The number of anilines is 1. The summed E-state index contributed by atoms with van der Waals surface area (Å²) in [7, 11) is -2.94. The number of nitrogens with two attached hydrogens (primary N) is 1. The Kier molecular flexibility index (Phi) is 4.61. The SMILES string of the molecule is COc1ccc(NC(=O)CC(F)(F)F)cc1S(N)(=O)=O. The molecule has 0 spiro atoms. The van der Waals surface area contributed by atoms with Gasteiger partial charge in [0.1, 0.15) is 17.1 Å². The van der Waals surface area contributed by atoms with E-state index in [9.17, 15) is 26.4 Å². The van der Waals surface area contributed by atoms with E-state index in [1.165, 1.54) is 19.2 Å². The second kappa shape index (κ2) is 5.67. The summed E-state index contributed by atoms with van der Waals surface area (Å²) >= 11 is 0. The summed E-state index contributed by atoms with van der Waals surface area (Å²) < 4.78 is 63.3. The van der Waals surface area contributed by atoms with Gasteiger partial charge in [0.05, 0.1) is 7.11 Å². The zero-order valence-corrected chi connectivity index (χ0v) is 11.0. The lowest BCUT2D eigenvalue weighted by molar-refractivity contribution is -0.150. The Bertz CT molecular complexity index is 613. The lowest BCUT2D eigenvalue weighted by Gasteiger charge is -2.11. The van der Waals surface area contributed by atoms with Crippen molar-refractivity contribution < 1.29 is 31.1 Å². The first-order valence-corrected chi connectivity index (χ1v) is 6.65. The summed E-state index contributed by atoms with van der Waals surface area (Å²) in [5, 5.41) is 6.86. The minimum absolute atomic E-state index is 0.0821. The van der Waals surface area contributed by atoms with Crippen LogP contribution in [0.25, 0.3) is 0 Å². The molecule has 1 aromatic rings. The Morgan fingerprint density at radius 3 is 2.45 bits per heavy atom. The highest BCUT2D eigenvalue weighted by atomic mass is 32.2. The van der Waals surface area contributed by atoms with Crippen LogP contribution in [-0.4, -0.2) is 27.6 Å². The topological polar surface area (TPSA) is 98.5 Å². The number of rotatable bonds is 4. The molecule has 0 heterocycles. The van der Waals surface area contributed by atoms with Crippen LogP contribution in [0.1, 0.15) is 6.42 Å². The summed E-state index contributed by atoms with van der Waals surface area (Å²) in [6.45, 7) is 0. The van der Waals surface area contributed by atoms with Gasteiger partial charge in [-0.05, 0) is 18.2 Å². The van der Waals surface area contributed by atoms with Gasteiger partial charge >= 0.3 is 6.18 Å². The molecule has 0 atom stereocenters. The Labute approximate surface area is 112 Å². The van der Waals surface area contributed by atoms with Crippen molar-refractivity contribution in [1.29, 1.82) is 0 Å². The van der Waals surface area contributed by atoms with Crippen molar-refractivity contribution in [3.63, 3.8) is 0 Å². The fourth-order valence-electron chi connectivity index (χ4n) is 1.36. The maximum atomic E-state index is 12.0. The van der Waals surface area contributed by atoms with Gasteiger partial charge in [0, 0.05) is 5.69 Å². The highest BCUT2D eigenvalue weighted by molar-refractivity contribution is 7.89. The van der Waals surface area contributed by atoms with E-state index in [0.717, 1.165) is 6.07 Å². The Morgan fingerprint density at radius 2 is 2.00 bits per heavy atom. The molecule has 0 aliphatic heterocycles. The molecule has 0 aliphatic rings. The van der Waals surface area contributed by atoms with Gasteiger partial charge in [-0.25, -0.2) is 13.6 Å². The quantitative estimate of drug-likeness (QED) is 0.873. The third-order valence-corrected chi connectivity index (χ3v) is 3.05. The van der Waals surface area contributed by atoms with Crippen LogP contribution in [0.5, 0.6) is 5.75 Å². The van der Waals surface area contributed by atoms with E-state index >= 15 is 0 Å². The van der Waals surface area contributed by atoms with Crippen molar-refractivity contribution in [2.24, 2.45) is 5.14 Å². The van der Waals surface area contributed by atoms with E-state index in [2.05, 4.69) is 0 Å². The van der Waals surface area contributed by atoms with Crippen LogP contribution >= 0.6 is 0 Å². The van der Waals surface area contributed by atoms with Crippen LogP contribution in [0, 0.1) is 0 Å². The summed E-state index contributed by atoms with van der Waals surface area (Å²) in [4.78, 5) is 10.7. The summed E-state index contributed by atoms with van der Waals surface area (Å²) in [6.07, 6.45) is -6.33. The van der Waals surface area contributed by atoms with Crippen LogP contribution in [-0.2, 0) is 14.8 Å². The van der Waals surface area contributed by atoms with Crippen LogP contribution in [0.3, 0.4) is 0 Å². The normalized spacial score (nSPS) is 12.1. The lowest BCUT2D eigenvalue weighted by atomic mass is 10.3. The number of amides is 1. The molecule has 0 saturated heterocycles. The van der Waals surface area contributed by atoms with E-state index in [-0.39, 0.29) is 11.4 Å². The molecule has 0 bridgehead atoms. The van der Waals surface area contributed by atoms with Gasteiger partial charge in [0.15, 0.2) is 0 Å². The van der Waals surface area contributed by atoms with Gasteiger partial charge in [-0.2, -0.15) is 13.2 Å². The molecule has 112 valence electrons. The predicted octanol–water partition coefficient (Wildman–Crippen LogP) is 1.23. The van der Waals surface area contributed by atoms with Gasteiger partial charge in [-0.1, -0.05) is 0 Å². The standard InChI is InChI=1S/C10H11F3N2O4S/c1-19-7-3-2-6(4-8(7)20(14,17)18)15-9(16)5-10(11,12)13/h2-4H,5H2,1H3,(H,15,16)(H2,14,17,18). The third kappa shape index (κ3) is 4.70. The van der Waals surface area contributed by atoms with E-state index in [1.54, 1.807) is 0 Å². The summed E-state index contributed by atoms with van der Waals surface area (Å²) in [5.74, 6) is -1.40. The molecule has 0 saturated carbocycles. The maximum Gasteiger partial charge on any atom is 0.397 e. The molecule has 0 aliphatic carbocycles. The molecule has 0 fully saturated rings. The highest BCUT2D eigenvalue weighted by Crippen LogP contribution is 2.27. The molecule has 0 aromatic heterocycles. The largest absolute Gasteiger partial charge is 0.495 e. The molecular formula is C10H11F3N2O4S. The van der Waals surface area contributed by atoms with Crippen molar-refractivity contribution in [2.45, 2.75) is 17.5 Å². The molecular weight excluding hydrogens is 301 g/mol. The van der Waals surface area contributed by atoms with E-state index < -0.39 is 33.4 Å². The van der Waals surface area contributed by atoms with Gasteiger partial charge in [-0.15, -0.1) is 0 Å². The number of benzene rings is 1. The number of sulfonamides is 1. The number of nitrogens with one attached hydrogen (secondary N) is 1. The zero-order valence-electron chi connectivity index (χ0n) is 10.2. The zero-order chi connectivity index (χ0) is 15.6. The van der Waals surface area contributed by atoms with Crippen molar-refractivity contribution in [1.82, 2.24) is 0 Å². The molecule has 1 aromatic carbocycles. The van der Waals surface area contributed by atoms with Crippen molar-refractivity contribution in [3.8, 4) is 5.75 Å². The van der Waals surface area contributed by atoms with Gasteiger partial charge in [-0.3, -0.25) is 4.79 Å². The van der Waals surface area contributed by atoms with Crippen LogP contribution in [0.15, 0.2) is 23.1 Å². The number of hydrogen-bond donors (Lipinski definition) is 2. The average Bonchev–Trinajstić information content (AvgIpc) is 2.25. The van der Waals surface area contributed by atoms with Crippen LogP contribution < -0.4 is 15.2 Å². The minimum Gasteiger partial charge on any atom is -0.495 e. The monoisotopic (exact) mass is 312 g/mol. The lowest BCUT2D eigenvalue weighted by Crippen LogP contribution is -2.21. The van der Waals surface area contributed by atoms with Gasteiger partial charge < -0.3 is 10.1 Å². The number of methoxy groups -OCH3 is 1. The number of carbonyl (C=O) groups is 1. The number of carbonyl (C=O) groups excluding carboxylic acids is 1. The molecule has 6 nitrogen and oxygen atoms in total. The fourth-order valence-corrected chi connectivity index (χ4v) is 2.09. The molecule has 10 heteroatoms. The number of ether oxygens (including phenoxy) is 1. The third-order valence-electron chi connectivity index (χ3n) is 2.11. The maximum absolute atomic E-state index is 12.0. The predicted molar refractivity (Wildman–Crippen MR) is 63.7 cm³/mol. The summed E-state index contributed by atoms with van der Waals surface area (Å²) in [6, 6.07) is 3.28. The first-order chi connectivity index (χ1) is 9.03. The number of primary sulfonamides is 1. The second-order valence-electron chi connectivity index (χ2n) is 3.75. The Hall–Kier alpha value is -1.81. The van der Waals surface area contributed by atoms with E-state index in [4.69, 9.17) is 9.88 Å². The molecule has 1 rings (SSSR count). The van der Waals surface area contributed by atoms with Crippen LogP contribution in [0.2, 0.25) is 0 Å². The number of halogens is 3. The summed E-state index contributed by atoms with van der Waals surface area (Å²) in [5.41, 5.74) is -0.135. The fraction of sp³-hybridized carbons (Fsp3) is 0.300. The molecule has 0 unspecified atom stereocenters. The van der Waals surface area contributed by atoms with Gasteiger partial charge in [0.25, 0.3) is 0 Å². The first-order valence-electron chi connectivity index (χ1n) is 5.10. The molecule has 3 N–H and O–H groups in total. The molecule has 1 amide bonds. The Morgan fingerprint density at radius 1 is 1.40 bits per heavy atom. The van der Waals surface area contributed by atoms with E-state index in [0.29, 0.717) is 0 Å². The average molecular weight is 312 g/mol. The van der Waals surface area contributed by atoms with Crippen molar-refractivity contribution in [2.75, 3.05) is 12.4 Å². The first kappa shape index (κ1) is 16.2. The number of alkyl halides is 3. The molecule has 0 radical (unpaired) electrons. The van der Waals surface area contributed by atoms with Gasteiger partial charge in [0.2, 0.25) is 15.9 Å². The smallest absolute Gasteiger partial charge is 0.397 e. The Balaban J connectivity index is 3.02. The molecule has 20 heavy (non-hydrogen) atoms. The van der Waals surface area contributed by atoms with Crippen molar-refractivity contribution >= 4 is 21.6 Å². The minimum atomic E-state index is -4.65. The number of hydrogen-bond acceptors (Lipinski definition) is 4. The van der Waals surface area contributed by atoms with Crippen LogP contribution in [0.4, 0.5) is 18.9 Å².